The maximum absolute atomic E-state index is 11.6. The van der Waals surface area contributed by atoms with E-state index in [0.29, 0.717) is 26.2 Å². The Labute approximate surface area is 156 Å². The average Bonchev–Trinajstić information content (AvgIpc) is 3.49. The molecule has 1 amide bonds. The molecule has 0 aliphatic heterocycles. The van der Waals surface area contributed by atoms with Crippen molar-refractivity contribution in [1.82, 2.24) is 16.0 Å². The van der Waals surface area contributed by atoms with Gasteiger partial charge in [-0.1, -0.05) is 31.2 Å². The minimum Gasteiger partial charge on any atom is -0.377 e. The fourth-order valence-corrected chi connectivity index (χ4v) is 2.54. The number of nitrogens with zero attached hydrogens (tertiary/aromatic N) is 1. The van der Waals surface area contributed by atoms with E-state index in [1.54, 1.807) is 0 Å². The van der Waals surface area contributed by atoms with Crippen molar-refractivity contribution in [3.63, 3.8) is 0 Å². The molecule has 0 spiro atoms. The van der Waals surface area contributed by atoms with E-state index in [9.17, 15) is 4.79 Å². The van der Waals surface area contributed by atoms with E-state index in [0.717, 1.165) is 38.4 Å². The van der Waals surface area contributed by atoms with Gasteiger partial charge < -0.3 is 20.7 Å². The lowest BCUT2D eigenvalue weighted by atomic mass is 10.1. The SMILES string of the molecule is CCCOCc1ccccc1CN=C(NCC)NCCNC(=O)C1CC1. The lowest BCUT2D eigenvalue weighted by Gasteiger charge is -2.13. The number of amides is 1. The summed E-state index contributed by atoms with van der Waals surface area (Å²) in [7, 11) is 0. The Morgan fingerprint density at radius 3 is 2.54 bits per heavy atom. The van der Waals surface area contributed by atoms with Gasteiger partial charge in [0, 0.05) is 32.2 Å². The van der Waals surface area contributed by atoms with Gasteiger partial charge in [-0.05, 0) is 37.3 Å². The fraction of sp³-hybridized carbons (Fsp3) is 0.600. The molecule has 2 rings (SSSR count). The summed E-state index contributed by atoms with van der Waals surface area (Å²) in [5, 5.41) is 9.47. The number of nitrogens with one attached hydrogen (secondary N) is 3. The summed E-state index contributed by atoms with van der Waals surface area (Å²) in [6.45, 7) is 8.20. The Morgan fingerprint density at radius 2 is 1.85 bits per heavy atom. The molecule has 26 heavy (non-hydrogen) atoms. The predicted octanol–water partition coefficient (Wildman–Crippen LogP) is 2.19. The van der Waals surface area contributed by atoms with Crippen LogP contribution < -0.4 is 16.0 Å². The lowest BCUT2D eigenvalue weighted by Crippen LogP contribution is -2.41. The van der Waals surface area contributed by atoms with Crippen molar-refractivity contribution >= 4 is 11.9 Å². The van der Waals surface area contributed by atoms with Gasteiger partial charge in [-0.25, -0.2) is 4.99 Å². The smallest absolute Gasteiger partial charge is 0.223 e. The second-order valence-corrected chi connectivity index (χ2v) is 6.51. The van der Waals surface area contributed by atoms with Gasteiger partial charge in [0.15, 0.2) is 5.96 Å². The van der Waals surface area contributed by atoms with Crippen LogP contribution in [0.25, 0.3) is 0 Å². The zero-order valence-electron chi connectivity index (χ0n) is 16.0. The van der Waals surface area contributed by atoms with E-state index >= 15 is 0 Å². The van der Waals surface area contributed by atoms with Crippen LogP contribution in [0.1, 0.15) is 44.2 Å². The fourth-order valence-electron chi connectivity index (χ4n) is 2.54. The number of carbonyl (C=O) groups is 1. The van der Waals surface area contributed by atoms with Crippen molar-refractivity contribution in [3.8, 4) is 0 Å². The summed E-state index contributed by atoms with van der Waals surface area (Å²) >= 11 is 0. The molecule has 6 heteroatoms. The maximum atomic E-state index is 11.6. The standard InChI is InChI=1S/C20H32N4O2/c1-3-13-26-15-18-8-6-5-7-17(18)14-24-20(21-4-2)23-12-11-22-19(25)16-9-10-16/h5-8,16H,3-4,9-15H2,1-2H3,(H,22,25)(H2,21,23,24). The molecule has 1 saturated carbocycles. The van der Waals surface area contributed by atoms with Crippen molar-refractivity contribution in [3.05, 3.63) is 35.4 Å². The van der Waals surface area contributed by atoms with Gasteiger partial charge in [0.25, 0.3) is 0 Å². The Kier molecular flexibility index (Phi) is 8.96. The van der Waals surface area contributed by atoms with E-state index in [1.165, 1.54) is 11.1 Å². The maximum Gasteiger partial charge on any atom is 0.223 e. The van der Waals surface area contributed by atoms with Gasteiger partial charge >= 0.3 is 0 Å². The third-order valence-electron chi connectivity index (χ3n) is 4.14. The van der Waals surface area contributed by atoms with E-state index in [4.69, 9.17) is 4.74 Å². The lowest BCUT2D eigenvalue weighted by molar-refractivity contribution is -0.122. The van der Waals surface area contributed by atoms with Crippen molar-refractivity contribution in [2.24, 2.45) is 10.9 Å². The van der Waals surface area contributed by atoms with Gasteiger partial charge in [0.1, 0.15) is 0 Å². The van der Waals surface area contributed by atoms with Gasteiger partial charge in [-0.2, -0.15) is 0 Å². The van der Waals surface area contributed by atoms with E-state index in [-0.39, 0.29) is 11.8 Å². The van der Waals surface area contributed by atoms with Crippen molar-refractivity contribution in [2.75, 3.05) is 26.2 Å². The van der Waals surface area contributed by atoms with E-state index in [2.05, 4.69) is 40.0 Å². The largest absolute Gasteiger partial charge is 0.377 e. The molecule has 1 aliphatic rings. The highest BCUT2D eigenvalue weighted by Crippen LogP contribution is 2.28. The first-order chi connectivity index (χ1) is 12.7. The van der Waals surface area contributed by atoms with Crippen LogP contribution in [-0.4, -0.2) is 38.1 Å². The molecule has 0 bridgehead atoms. The Bertz CT molecular complexity index is 585. The number of hydrogen-bond donors (Lipinski definition) is 3. The first kappa shape index (κ1) is 20.2. The van der Waals surface area contributed by atoms with Crippen molar-refractivity contribution in [2.45, 2.75) is 46.3 Å². The van der Waals surface area contributed by atoms with Crippen molar-refractivity contribution in [1.29, 1.82) is 0 Å². The monoisotopic (exact) mass is 360 g/mol. The number of aliphatic imine (C=N–C) groups is 1. The summed E-state index contributed by atoms with van der Waals surface area (Å²) in [4.78, 5) is 16.3. The highest BCUT2D eigenvalue weighted by atomic mass is 16.5. The van der Waals surface area contributed by atoms with Crippen LogP contribution in [0, 0.1) is 5.92 Å². The van der Waals surface area contributed by atoms with Crippen LogP contribution in [0.2, 0.25) is 0 Å². The predicted molar refractivity (Wildman–Crippen MR) is 105 cm³/mol. The number of ether oxygens (including phenoxy) is 1. The Balaban J connectivity index is 1.82. The van der Waals surface area contributed by atoms with Crippen LogP contribution in [-0.2, 0) is 22.7 Å². The first-order valence-corrected chi connectivity index (χ1v) is 9.69. The molecule has 0 aromatic heterocycles. The quantitative estimate of drug-likeness (QED) is 0.321. The number of rotatable bonds is 11. The minimum atomic E-state index is 0.176. The highest BCUT2D eigenvalue weighted by Gasteiger charge is 2.28. The molecule has 0 atom stereocenters. The molecule has 0 unspecified atom stereocenters. The van der Waals surface area contributed by atoms with Crippen LogP contribution in [0.4, 0.5) is 0 Å². The molecule has 0 saturated heterocycles. The van der Waals surface area contributed by atoms with Crippen LogP contribution >= 0.6 is 0 Å². The molecule has 3 N–H and O–H groups in total. The van der Waals surface area contributed by atoms with Gasteiger partial charge in [-0.15, -0.1) is 0 Å². The molecule has 1 aliphatic carbocycles. The molecule has 1 fully saturated rings. The Morgan fingerprint density at radius 1 is 1.12 bits per heavy atom. The number of carbonyl (C=O) groups excluding carboxylic acids is 1. The molecule has 0 heterocycles. The first-order valence-electron chi connectivity index (χ1n) is 9.69. The molecule has 1 aromatic carbocycles. The summed E-state index contributed by atoms with van der Waals surface area (Å²) in [5.74, 6) is 1.19. The summed E-state index contributed by atoms with van der Waals surface area (Å²) in [6.07, 6.45) is 3.08. The third-order valence-corrected chi connectivity index (χ3v) is 4.14. The Hall–Kier alpha value is -2.08. The van der Waals surface area contributed by atoms with Crippen LogP contribution in [0.15, 0.2) is 29.3 Å². The average molecular weight is 361 g/mol. The van der Waals surface area contributed by atoms with Gasteiger partial charge in [-0.3, -0.25) is 4.79 Å². The summed E-state index contributed by atoms with van der Waals surface area (Å²) in [6, 6.07) is 8.24. The van der Waals surface area contributed by atoms with Gasteiger partial charge in [0.05, 0.1) is 13.2 Å². The molecule has 1 aromatic rings. The second-order valence-electron chi connectivity index (χ2n) is 6.51. The minimum absolute atomic E-state index is 0.176. The van der Waals surface area contributed by atoms with E-state index < -0.39 is 0 Å². The number of hydrogen-bond acceptors (Lipinski definition) is 3. The topological polar surface area (TPSA) is 74.8 Å². The summed E-state index contributed by atoms with van der Waals surface area (Å²) < 4.78 is 5.67. The summed E-state index contributed by atoms with van der Waals surface area (Å²) in [5.41, 5.74) is 2.35. The van der Waals surface area contributed by atoms with E-state index in [1.807, 2.05) is 19.1 Å². The zero-order chi connectivity index (χ0) is 18.6. The molecular weight excluding hydrogens is 328 g/mol. The second kappa shape index (κ2) is 11.5. The van der Waals surface area contributed by atoms with Gasteiger partial charge in [0.2, 0.25) is 5.91 Å². The normalized spacial score (nSPS) is 14.2. The van der Waals surface area contributed by atoms with Crippen molar-refractivity contribution < 1.29 is 9.53 Å². The third kappa shape index (κ3) is 7.44. The molecular formula is C20H32N4O2. The molecule has 6 nitrogen and oxygen atoms in total. The highest BCUT2D eigenvalue weighted by molar-refractivity contribution is 5.81. The van der Waals surface area contributed by atoms with Crippen LogP contribution in [0.3, 0.4) is 0 Å². The number of benzene rings is 1. The molecule has 0 radical (unpaired) electrons. The molecule has 144 valence electrons. The number of guanidine groups is 1. The van der Waals surface area contributed by atoms with Crippen LogP contribution in [0.5, 0.6) is 0 Å². The zero-order valence-corrected chi connectivity index (χ0v) is 16.0.